The van der Waals surface area contributed by atoms with Gasteiger partial charge in [0.1, 0.15) is 11.6 Å². The van der Waals surface area contributed by atoms with Crippen LogP contribution in [-0.2, 0) is 9.59 Å². The van der Waals surface area contributed by atoms with Gasteiger partial charge in [0.05, 0.1) is 0 Å². The van der Waals surface area contributed by atoms with Crippen molar-refractivity contribution in [3.05, 3.63) is 28.2 Å². The third-order valence-electron chi connectivity index (χ3n) is 3.69. The number of halogens is 1. The van der Waals surface area contributed by atoms with Gasteiger partial charge in [-0.25, -0.2) is 0 Å². The number of benzene rings is 1. The fourth-order valence-corrected chi connectivity index (χ4v) is 2.86. The molecule has 0 saturated carbocycles. The predicted octanol–water partition coefficient (Wildman–Crippen LogP) is 2.78. The van der Waals surface area contributed by atoms with Crippen molar-refractivity contribution < 1.29 is 9.59 Å². The number of carbonyl (C=O) groups is 2. The number of hydrogen-bond acceptors (Lipinski definition) is 2. The molecule has 1 heterocycles. The minimum Gasteiger partial charge on any atom is -0.340 e. The van der Waals surface area contributed by atoms with Gasteiger partial charge in [0.25, 0.3) is 5.91 Å². The van der Waals surface area contributed by atoms with Gasteiger partial charge in [-0.3, -0.25) is 14.5 Å². The van der Waals surface area contributed by atoms with E-state index in [4.69, 9.17) is 0 Å². The van der Waals surface area contributed by atoms with E-state index < -0.39 is 11.6 Å². The van der Waals surface area contributed by atoms with Crippen LogP contribution in [-0.4, -0.2) is 23.4 Å². The number of amides is 2. The molecule has 1 aliphatic heterocycles. The summed E-state index contributed by atoms with van der Waals surface area (Å²) in [5, 5.41) is 2.80. The van der Waals surface area contributed by atoms with E-state index in [1.165, 1.54) is 0 Å². The fraction of sp³-hybridized carbons (Fsp3) is 0.467. The summed E-state index contributed by atoms with van der Waals surface area (Å²) in [6.07, 6.45) is 0.583. The van der Waals surface area contributed by atoms with Gasteiger partial charge in [-0.05, 0) is 44.9 Å². The van der Waals surface area contributed by atoms with Crippen LogP contribution < -0.4 is 10.2 Å². The molecule has 1 N–H and O–H groups in total. The van der Waals surface area contributed by atoms with Crippen LogP contribution in [0.15, 0.2) is 22.7 Å². The lowest BCUT2D eigenvalue weighted by Gasteiger charge is -2.43. The Bertz CT molecular complexity index is 569. The molecule has 0 bridgehead atoms. The maximum absolute atomic E-state index is 12.7. The molecule has 20 heavy (non-hydrogen) atoms. The summed E-state index contributed by atoms with van der Waals surface area (Å²) < 4.78 is 0.932. The molecular weight excluding hydrogens is 320 g/mol. The van der Waals surface area contributed by atoms with Gasteiger partial charge in [-0.2, -0.15) is 0 Å². The number of hydrogen-bond donors (Lipinski definition) is 1. The second-order valence-corrected chi connectivity index (χ2v) is 6.45. The van der Waals surface area contributed by atoms with Gasteiger partial charge in [-0.15, -0.1) is 0 Å². The second-order valence-electron chi connectivity index (χ2n) is 5.60. The topological polar surface area (TPSA) is 49.4 Å². The first kappa shape index (κ1) is 15.0. The first-order chi connectivity index (χ1) is 9.29. The van der Waals surface area contributed by atoms with Gasteiger partial charge in [0, 0.05) is 10.2 Å². The number of rotatable bonds is 2. The summed E-state index contributed by atoms with van der Waals surface area (Å²) in [6.45, 7) is 7.33. The zero-order chi connectivity index (χ0) is 15.1. The van der Waals surface area contributed by atoms with Crippen LogP contribution >= 0.6 is 15.9 Å². The van der Waals surface area contributed by atoms with E-state index in [9.17, 15) is 9.59 Å². The molecule has 4 nitrogen and oxygen atoms in total. The number of nitrogens with zero attached hydrogens (tertiary/aromatic N) is 1. The summed E-state index contributed by atoms with van der Waals surface area (Å²) in [6, 6.07) is 5.24. The average molecular weight is 339 g/mol. The van der Waals surface area contributed by atoms with Gasteiger partial charge >= 0.3 is 0 Å². The van der Waals surface area contributed by atoms with Crippen LogP contribution in [0, 0.1) is 6.92 Å². The van der Waals surface area contributed by atoms with Crippen molar-refractivity contribution in [1.29, 1.82) is 0 Å². The van der Waals surface area contributed by atoms with Crippen molar-refractivity contribution in [2.45, 2.75) is 45.7 Å². The Labute approximate surface area is 127 Å². The molecular formula is C15H19BrN2O2. The Morgan fingerprint density at radius 1 is 1.35 bits per heavy atom. The summed E-state index contributed by atoms with van der Waals surface area (Å²) in [7, 11) is 0. The number of piperazine rings is 1. The molecule has 2 amide bonds. The third-order valence-corrected chi connectivity index (χ3v) is 4.55. The van der Waals surface area contributed by atoms with Crippen molar-refractivity contribution in [2.24, 2.45) is 0 Å². The highest BCUT2D eigenvalue weighted by Gasteiger charge is 2.45. The molecule has 0 aromatic heterocycles. The average Bonchev–Trinajstić information content (AvgIpc) is 2.37. The molecule has 1 aliphatic rings. The monoisotopic (exact) mass is 338 g/mol. The van der Waals surface area contributed by atoms with Crippen molar-refractivity contribution >= 4 is 33.4 Å². The number of nitrogens with one attached hydrogen (secondary N) is 1. The SMILES string of the molecule is CCC1C(=O)NC(C)(C)C(=O)N1c1cccc(Br)c1C. The molecule has 0 radical (unpaired) electrons. The Balaban J connectivity index is 2.57. The van der Waals surface area contributed by atoms with Crippen molar-refractivity contribution in [1.82, 2.24) is 5.32 Å². The molecule has 1 atom stereocenters. The molecule has 0 spiro atoms. The van der Waals surface area contributed by atoms with Gasteiger partial charge in [-0.1, -0.05) is 28.9 Å². The van der Waals surface area contributed by atoms with Gasteiger partial charge in [0.15, 0.2) is 0 Å². The van der Waals surface area contributed by atoms with Gasteiger partial charge < -0.3 is 5.32 Å². The summed E-state index contributed by atoms with van der Waals surface area (Å²) in [5.74, 6) is -0.179. The first-order valence-corrected chi connectivity index (χ1v) is 7.49. The minimum atomic E-state index is -0.877. The highest BCUT2D eigenvalue weighted by Crippen LogP contribution is 2.32. The zero-order valence-electron chi connectivity index (χ0n) is 12.2. The van der Waals surface area contributed by atoms with E-state index in [1.807, 2.05) is 32.0 Å². The summed E-state index contributed by atoms with van der Waals surface area (Å²) in [5.41, 5.74) is 0.876. The molecule has 5 heteroatoms. The molecule has 1 aromatic carbocycles. The normalized spacial score (nSPS) is 21.9. The lowest BCUT2D eigenvalue weighted by Crippen LogP contribution is -2.68. The molecule has 108 valence electrons. The van der Waals surface area contributed by atoms with Crippen molar-refractivity contribution in [3.8, 4) is 0 Å². The van der Waals surface area contributed by atoms with Crippen LogP contribution in [0.1, 0.15) is 32.8 Å². The molecule has 1 fully saturated rings. The smallest absolute Gasteiger partial charge is 0.252 e. The minimum absolute atomic E-state index is 0.0786. The largest absolute Gasteiger partial charge is 0.340 e. The standard InChI is InChI=1S/C15H19BrN2O2/c1-5-11-13(19)17-15(3,4)14(20)18(11)12-8-6-7-10(16)9(12)2/h6-8,11H,5H2,1-4H3,(H,17,19). The molecule has 1 unspecified atom stereocenters. The number of anilines is 1. The predicted molar refractivity (Wildman–Crippen MR) is 82.7 cm³/mol. The second kappa shape index (κ2) is 5.20. The molecule has 1 saturated heterocycles. The summed E-state index contributed by atoms with van der Waals surface area (Å²) in [4.78, 5) is 26.6. The number of carbonyl (C=O) groups excluding carboxylic acids is 2. The maximum Gasteiger partial charge on any atom is 0.252 e. The molecule has 0 aliphatic carbocycles. The highest BCUT2D eigenvalue weighted by atomic mass is 79.9. The Morgan fingerprint density at radius 2 is 2.00 bits per heavy atom. The van der Waals surface area contributed by atoms with Crippen molar-refractivity contribution in [3.63, 3.8) is 0 Å². The fourth-order valence-electron chi connectivity index (χ4n) is 2.51. The van der Waals surface area contributed by atoms with Crippen LogP contribution in [0.25, 0.3) is 0 Å². The first-order valence-electron chi connectivity index (χ1n) is 6.70. The van der Waals surface area contributed by atoms with E-state index >= 15 is 0 Å². The zero-order valence-corrected chi connectivity index (χ0v) is 13.7. The Kier molecular flexibility index (Phi) is 3.91. The van der Waals surface area contributed by atoms with E-state index in [-0.39, 0.29) is 11.8 Å². The quantitative estimate of drug-likeness (QED) is 0.901. The third kappa shape index (κ3) is 2.35. The summed E-state index contributed by atoms with van der Waals surface area (Å²) >= 11 is 3.48. The van der Waals surface area contributed by atoms with E-state index in [0.717, 1.165) is 15.7 Å². The van der Waals surface area contributed by atoms with Crippen LogP contribution in [0.2, 0.25) is 0 Å². The van der Waals surface area contributed by atoms with E-state index in [0.29, 0.717) is 6.42 Å². The van der Waals surface area contributed by atoms with Gasteiger partial charge in [0.2, 0.25) is 5.91 Å². The Morgan fingerprint density at radius 3 is 2.60 bits per heavy atom. The molecule has 1 aromatic rings. The molecule has 2 rings (SSSR count). The van der Waals surface area contributed by atoms with Crippen LogP contribution in [0.5, 0.6) is 0 Å². The van der Waals surface area contributed by atoms with Crippen molar-refractivity contribution in [2.75, 3.05) is 4.90 Å². The highest BCUT2D eigenvalue weighted by molar-refractivity contribution is 9.10. The lowest BCUT2D eigenvalue weighted by molar-refractivity contribution is -0.137. The Hall–Kier alpha value is -1.36. The van der Waals surface area contributed by atoms with Crippen LogP contribution in [0.4, 0.5) is 5.69 Å². The maximum atomic E-state index is 12.7. The van der Waals surface area contributed by atoms with E-state index in [1.54, 1.807) is 18.7 Å². The van der Waals surface area contributed by atoms with Crippen LogP contribution in [0.3, 0.4) is 0 Å². The van der Waals surface area contributed by atoms with E-state index in [2.05, 4.69) is 21.2 Å². The lowest BCUT2D eigenvalue weighted by atomic mass is 9.94.